The summed E-state index contributed by atoms with van der Waals surface area (Å²) in [5, 5.41) is 0. The lowest BCUT2D eigenvalue weighted by atomic mass is 10.1. The van der Waals surface area contributed by atoms with Crippen LogP contribution in [0.25, 0.3) is 0 Å². The maximum absolute atomic E-state index is 5.87. The van der Waals surface area contributed by atoms with E-state index in [4.69, 9.17) is 15.2 Å². The highest BCUT2D eigenvalue weighted by atomic mass is 16.5. The van der Waals surface area contributed by atoms with Gasteiger partial charge in [-0.3, -0.25) is 0 Å². The van der Waals surface area contributed by atoms with Crippen molar-refractivity contribution >= 4 is 0 Å². The van der Waals surface area contributed by atoms with Crippen LogP contribution >= 0.6 is 0 Å². The lowest BCUT2D eigenvalue weighted by molar-refractivity contribution is 0.202. The van der Waals surface area contributed by atoms with Crippen LogP contribution in [0.2, 0.25) is 0 Å². The minimum atomic E-state index is 0.577. The molecule has 0 aliphatic rings. The fourth-order valence-corrected chi connectivity index (χ4v) is 2.23. The number of hydrogen-bond acceptors (Lipinski definition) is 3. The quantitative estimate of drug-likeness (QED) is 0.811. The number of ether oxygens (including phenoxy) is 2. The summed E-state index contributed by atoms with van der Waals surface area (Å²) in [6.07, 6.45) is 1.81. The SMILES string of the molecule is COCCc1ccc(OCc2ccccc2CCN)cc1. The zero-order valence-corrected chi connectivity index (χ0v) is 12.5. The van der Waals surface area contributed by atoms with Crippen molar-refractivity contribution in [2.75, 3.05) is 20.3 Å². The van der Waals surface area contributed by atoms with Crippen molar-refractivity contribution in [3.8, 4) is 5.75 Å². The van der Waals surface area contributed by atoms with Crippen molar-refractivity contribution in [1.29, 1.82) is 0 Å². The summed E-state index contributed by atoms with van der Waals surface area (Å²) in [7, 11) is 1.72. The maximum Gasteiger partial charge on any atom is 0.119 e. The first-order valence-electron chi connectivity index (χ1n) is 7.31. The molecule has 0 heterocycles. The molecule has 0 unspecified atom stereocenters. The first-order valence-corrected chi connectivity index (χ1v) is 7.31. The van der Waals surface area contributed by atoms with E-state index in [0.717, 1.165) is 25.2 Å². The normalized spacial score (nSPS) is 10.6. The van der Waals surface area contributed by atoms with E-state index in [9.17, 15) is 0 Å². The molecular formula is C18H23NO2. The molecule has 0 aliphatic carbocycles. The van der Waals surface area contributed by atoms with Crippen molar-refractivity contribution in [3.05, 3.63) is 65.2 Å². The van der Waals surface area contributed by atoms with Gasteiger partial charge >= 0.3 is 0 Å². The Bertz CT molecular complexity index is 537. The molecular weight excluding hydrogens is 262 g/mol. The number of nitrogens with two attached hydrogens (primary N) is 1. The second-order valence-corrected chi connectivity index (χ2v) is 4.98. The van der Waals surface area contributed by atoms with Crippen LogP contribution < -0.4 is 10.5 Å². The zero-order chi connectivity index (χ0) is 14.9. The monoisotopic (exact) mass is 285 g/mol. The smallest absolute Gasteiger partial charge is 0.119 e. The third-order valence-electron chi connectivity index (χ3n) is 3.44. The Balaban J connectivity index is 1.93. The second kappa shape index (κ2) is 8.45. The van der Waals surface area contributed by atoms with Crippen molar-refractivity contribution in [3.63, 3.8) is 0 Å². The summed E-state index contributed by atoms with van der Waals surface area (Å²) in [5.74, 6) is 0.888. The molecule has 0 fully saturated rings. The van der Waals surface area contributed by atoms with E-state index in [-0.39, 0.29) is 0 Å². The molecule has 0 saturated carbocycles. The van der Waals surface area contributed by atoms with Crippen LogP contribution in [0.4, 0.5) is 0 Å². The maximum atomic E-state index is 5.87. The summed E-state index contributed by atoms with van der Waals surface area (Å²) >= 11 is 0. The highest BCUT2D eigenvalue weighted by Crippen LogP contribution is 2.16. The molecule has 112 valence electrons. The summed E-state index contributed by atoms with van der Waals surface area (Å²) in [6, 6.07) is 16.5. The van der Waals surface area contributed by atoms with Crippen LogP contribution in [0.5, 0.6) is 5.75 Å². The molecule has 2 aromatic carbocycles. The number of rotatable bonds is 8. The lowest BCUT2D eigenvalue weighted by Gasteiger charge is -2.11. The van der Waals surface area contributed by atoms with E-state index in [1.54, 1.807) is 7.11 Å². The average molecular weight is 285 g/mol. The molecule has 0 saturated heterocycles. The van der Waals surface area contributed by atoms with Gasteiger partial charge in [0.25, 0.3) is 0 Å². The Morgan fingerprint density at radius 1 is 0.905 bits per heavy atom. The lowest BCUT2D eigenvalue weighted by Crippen LogP contribution is -2.07. The summed E-state index contributed by atoms with van der Waals surface area (Å²) in [5.41, 5.74) is 9.36. The van der Waals surface area contributed by atoms with E-state index in [1.807, 2.05) is 24.3 Å². The Labute approximate surface area is 126 Å². The molecule has 3 heteroatoms. The summed E-state index contributed by atoms with van der Waals surface area (Å²) < 4.78 is 10.9. The Morgan fingerprint density at radius 2 is 1.62 bits per heavy atom. The van der Waals surface area contributed by atoms with Crippen molar-refractivity contribution in [2.45, 2.75) is 19.4 Å². The molecule has 3 nitrogen and oxygen atoms in total. The molecule has 2 N–H and O–H groups in total. The van der Waals surface area contributed by atoms with Crippen LogP contribution in [0.3, 0.4) is 0 Å². The van der Waals surface area contributed by atoms with Crippen LogP contribution in [0.1, 0.15) is 16.7 Å². The average Bonchev–Trinajstić information content (AvgIpc) is 2.53. The van der Waals surface area contributed by atoms with E-state index >= 15 is 0 Å². The first-order chi connectivity index (χ1) is 10.3. The van der Waals surface area contributed by atoms with Crippen LogP contribution in [-0.2, 0) is 24.2 Å². The van der Waals surface area contributed by atoms with Gasteiger partial charge in [0, 0.05) is 7.11 Å². The van der Waals surface area contributed by atoms with Gasteiger partial charge in [-0.2, -0.15) is 0 Å². The molecule has 0 amide bonds. The summed E-state index contributed by atoms with van der Waals surface area (Å²) in [4.78, 5) is 0. The van der Waals surface area contributed by atoms with Gasteiger partial charge in [0.2, 0.25) is 0 Å². The molecule has 0 radical (unpaired) electrons. The predicted octanol–water partition coefficient (Wildman–Crippen LogP) is 2.96. The van der Waals surface area contributed by atoms with Gasteiger partial charge < -0.3 is 15.2 Å². The topological polar surface area (TPSA) is 44.5 Å². The fraction of sp³-hybridized carbons (Fsp3) is 0.333. The minimum Gasteiger partial charge on any atom is -0.489 e. The Kier molecular flexibility index (Phi) is 6.25. The molecule has 0 aromatic heterocycles. The fourth-order valence-electron chi connectivity index (χ4n) is 2.23. The predicted molar refractivity (Wildman–Crippen MR) is 85.6 cm³/mol. The summed E-state index contributed by atoms with van der Waals surface area (Å²) in [6.45, 7) is 1.98. The van der Waals surface area contributed by atoms with E-state index in [0.29, 0.717) is 13.2 Å². The highest BCUT2D eigenvalue weighted by Gasteiger charge is 2.02. The van der Waals surface area contributed by atoms with Crippen LogP contribution in [-0.4, -0.2) is 20.3 Å². The molecule has 0 atom stereocenters. The number of methoxy groups -OCH3 is 1. The van der Waals surface area contributed by atoms with Crippen molar-refractivity contribution < 1.29 is 9.47 Å². The molecule has 2 aromatic rings. The molecule has 0 aliphatic heterocycles. The van der Waals surface area contributed by atoms with Crippen molar-refractivity contribution in [1.82, 2.24) is 0 Å². The zero-order valence-electron chi connectivity index (χ0n) is 12.5. The Hall–Kier alpha value is -1.84. The standard InChI is InChI=1S/C18H23NO2/c1-20-13-11-15-6-8-18(9-7-15)21-14-17-5-3-2-4-16(17)10-12-19/h2-9H,10-14,19H2,1H3. The molecule has 0 spiro atoms. The molecule has 21 heavy (non-hydrogen) atoms. The highest BCUT2D eigenvalue weighted by molar-refractivity contribution is 5.30. The van der Waals surface area contributed by atoms with Gasteiger partial charge in [-0.25, -0.2) is 0 Å². The Morgan fingerprint density at radius 3 is 2.29 bits per heavy atom. The largest absolute Gasteiger partial charge is 0.489 e. The minimum absolute atomic E-state index is 0.577. The van der Waals surface area contributed by atoms with Crippen molar-refractivity contribution in [2.24, 2.45) is 5.73 Å². The van der Waals surface area contributed by atoms with E-state index < -0.39 is 0 Å². The first kappa shape index (κ1) is 15.5. The van der Waals surface area contributed by atoms with Gasteiger partial charge in [0.1, 0.15) is 12.4 Å². The van der Waals surface area contributed by atoms with Gasteiger partial charge in [0.05, 0.1) is 6.61 Å². The van der Waals surface area contributed by atoms with Gasteiger partial charge in [-0.05, 0) is 48.2 Å². The van der Waals surface area contributed by atoms with Gasteiger partial charge in [-0.1, -0.05) is 36.4 Å². The second-order valence-electron chi connectivity index (χ2n) is 4.98. The van der Waals surface area contributed by atoms with Crippen LogP contribution in [0.15, 0.2) is 48.5 Å². The molecule has 2 rings (SSSR count). The molecule has 0 bridgehead atoms. The number of benzene rings is 2. The van der Waals surface area contributed by atoms with E-state index in [2.05, 4.69) is 24.3 Å². The third kappa shape index (κ3) is 4.88. The van der Waals surface area contributed by atoms with Gasteiger partial charge in [0.15, 0.2) is 0 Å². The van der Waals surface area contributed by atoms with Crippen LogP contribution in [0, 0.1) is 0 Å². The van der Waals surface area contributed by atoms with E-state index in [1.165, 1.54) is 16.7 Å². The third-order valence-corrected chi connectivity index (χ3v) is 3.44. The van der Waals surface area contributed by atoms with Gasteiger partial charge in [-0.15, -0.1) is 0 Å². The number of hydrogen-bond donors (Lipinski definition) is 1.